The molecular weight excluding hydrogens is 274 g/mol. The van der Waals surface area contributed by atoms with Crippen LogP contribution in [0.2, 0.25) is 0 Å². The lowest BCUT2D eigenvalue weighted by molar-refractivity contribution is -0.143. The zero-order chi connectivity index (χ0) is 14.7. The largest absolute Gasteiger partial charge is 0.480 e. The van der Waals surface area contributed by atoms with Gasteiger partial charge in [0.25, 0.3) is 5.91 Å². The first-order valence-corrected chi connectivity index (χ1v) is 7.99. The predicted octanol–water partition coefficient (Wildman–Crippen LogP) is 3.09. The molecule has 5 heteroatoms. The summed E-state index contributed by atoms with van der Waals surface area (Å²) < 4.78 is 0. The molecule has 1 atom stereocenters. The summed E-state index contributed by atoms with van der Waals surface area (Å²) >= 11 is 1.49. The highest BCUT2D eigenvalue weighted by atomic mass is 32.1. The van der Waals surface area contributed by atoms with Crippen molar-refractivity contribution in [3.63, 3.8) is 0 Å². The standard InChI is InChI=1S/C15H21NO3S/c1-3-6-11-9-13(20-10(11)2)14(17)16-8-5-4-7-12(16)15(18)19/h9,12H,3-8H2,1-2H3,(H,18,19)/t12-/m0/s1. The van der Waals surface area contributed by atoms with Gasteiger partial charge in [-0.05, 0) is 44.2 Å². The van der Waals surface area contributed by atoms with E-state index in [9.17, 15) is 14.7 Å². The molecule has 1 aromatic rings. The van der Waals surface area contributed by atoms with Gasteiger partial charge in [0, 0.05) is 11.4 Å². The van der Waals surface area contributed by atoms with E-state index in [0.29, 0.717) is 17.8 Å². The Hall–Kier alpha value is -1.36. The number of carbonyl (C=O) groups excluding carboxylic acids is 1. The van der Waals surface area contributed by atoms with Gasteiger partial charge in [0.15, 0.2) is 0 Å². The second kappa shape index (κ2) is 6.39. The van der Waals surface area contributed by atoms with Crippen molar-refractivity contribution in [2.75, 3.05) is 6.54 Å². The van der Waals surface area contributed by atoms with Gasteiger partial charge >= 0.3 is 5.97 Å². The van der Waals surface area contributed by atoms with Crippen LogP contribution in [0, 0.1) is 6.92 Å². The summed E-state index contributed by atoms with van der Waals surface area (Å²) in [7, 11) is 0. The average Bonchev–Trinajstić information content (AvgIpc) is 2.80. The molecule has 0 saturated carbocycles. The van der Waals surface area contributed by atoms with E-state index in [4.69, 9.17) is 0 Å². The van der Waals surface area contributed by atoms with E-state index in [1.807, 2.05) is 13.0 Å². The maximum atomic E-state index is 12.6. The van der Waals surface area contributed by atoms with Gasteiger partial charge < -0.3 is 10.0 Å². The third-order valence-corrected chi connectivity index (χ3v) is 4.88. The summed E-state index contributed by atoms with van der Waals surface area (Å²) in [6.45, 7) is 4.69. The third kappa shape index (κ3) is 3.03. The number of carboxylic acid groups (broad SMARTS) is 1. The van der Waals surface area contributed by atoms with Crippen LogP contribution in [0.1, 0.15) is 52.7 Å². The summed E-state index contributed by atoms with van der Waals surface area (Å²) in [5, 5.41) is 9.26. The molecule has 0 bridgehead atoms. The van der Waals surface area contributed by atoms with Crippen molar-refractivity contribution in [2.45, 2.75) is 52.0 Å². The Kier molecular flexibility index (Phi) is 4.81. The fourth-order valence-corrected chi connectivity index (χ4v) is 3.74. The molecule has 0 spiro atoms. The first-order chi connectivity index (χ1) is 9.54. The van der Waals surface area contributed by atoms with Crippen molar-refractivity contribution in [1.82, 2.24) is 4.90 Å². The second-order valence-electron chi connectivity index (χ2n) is 5.29. The number of aliphatic carboxylic acids is 1. The van der Waals surface area contributed by atoms with Crippen LogP contribution in [0.25, 0.3) is 0 Å². The van der Waals surface area contributed by atoms with E-state index in [0.717, 1.165) is 25.7 Å². The minimum absolute atomic E-state index is 0.118. The van der Waals surface area contributed by atoms with Crippen molar-refractivity contribution in [3.05, 3.63) is 21.4 Å². The monoisotopic (exact) mass is 295 g/mol. The number of piperidine rings is 1. The molecule has 4 nitrogen and oxygen atoms in total. The molecule has 1 N–H and O–H groups in total. The maximum Gasteiger partial charge on any atom is 0.326 e. The number of thiophene rings is 1. The third-order valence-electron chi connectivity index (χ3n) is 3.80. The van der Waals surface area contributed by atoms with E-state index in [1.54, 1.807) is 0 Å². The van der Waals surface area contributed by atoms with Crippen molar-refractivity contribution >= 4 is 23.2 Å². The van der Waals surface area contributed by atoms with Gasteiger partial charge in [-0.1, -0.05) is 13.3 Å². The van der Waals surface area contributed by atoms with Gasteiger partial charge in [0.05, 0.1) is 4.88 Å². The van der Waals surface area contributed by atoms with Crippen LogP contribution < -0.4 is 0 Å². The average molecular weight is 295 g/mol. The topological polar surface area (TPSA) is 57.6 Å². The highest BCUT2D eigenvalue weighted by molar-refractivity contribution is 7.14. The number of hydrogen-bond acceptors (Lipinski definition) is 3. The first-order valence-electron chi connectivity index (χ1n) is 7.17. The van der Waals surface area contributed by atoms with E-state index in [2.05, 4.69) is 6.92 Å². The van der Waals surface area contributed by atoms with Crippen LogP contribution in [0.4, 0.5) is 0 Å². The molecule has 1 aromatic heterocycles. The summed E-state index contributed by atoms with van der Waals surface area (Å²) in [6.07, 6.45) is 4.35. The van der Waals surface area contributed by atoms with Crippen molar-refractivity contribution < 1.29 is 14.7 Å². The lowest BCUT2D eigenvalue weighted by Crippen LogP contribution is -2.47. The summed E-state index contributed by atoms with van der Waals surface area (Å²) in [5.41, 5.74) is 1.21. The van der Waals surface area contributed by atoms with Crippen LogP contribution in [-0.4, -0.2) is 34.5 Å². The van der Waals surface area contributed by atoms with Gasteiger partial charge in [-0.25, -0.2) is 4.79 Å². The van der Waals surface area contributed by atoms with Crippen LogP contribution in [0.3, 0.4) is 0 Å². The molecule has 1 aliphatic rings. The summed E-state index contributed by atoms with van der Waals surface area (Å²) in [6, 6.07) is 1.28. The Bertz CT molecular complexity index is 509. The van der Waals surface area contributed by atoms with Crippen molar-refractivity contribution in [1.29, 1.82) is 0 Å². The Morgan fingerprint density at radius 3 is 2.85 bits per heavy atom. The zero-order valence-electron chi connectivity index (χ0n) is 12.0. The first kappa shape index (κ1) is 15.0. The quantitative estimate of drug-likeness (QED) is 0.928. The van der Waals surface area contributed by atoms with Crippen molar-refractivity contribution in [2.24, 2.45) is 0 Å². The second-order valence-corrected chi connectivity index (χ2v) is 6.55. The molecule has 0 unspecified atom stereocenters. The predicted molar refractivity (Wildman–Crippen MR) is 79.4 cm³/mol. The molecule has 2 heterocycles. The molecule has 2 rings (SSSR count). The number of nitrogens with zero attached hydrogens (tertiary/aromatic N) is 1. The van der Waals surface area contributed by atoms with Gasteiger partial charge in [0.1, 0.15) is 6.04 Å². The highest BCUT2D eigenvalue weighted by Gasteiger charge is 2.33. The molecule has 110 valence electrons. The van der Waals surface area contributed by atoms with Gasteiger partial charge in [-0.2, -0.15) is 0 Å². The molecule has 1 fully saturated rings. The number of hydrogen-bond donors (Lipinski definition) is 1. The Balaban J connectivity index is 2.20. The fraction of sp³-hybridized carbons (Fsp3) is 0.600. The Morgan fingerprint density at radius 1 is 1.45 bits per heavy atom. The zero-order valence-corrected chi connectivity index (χ0v) is 12.8. The molecular formula is C15H21NO3S. The smallest absolute Gasteiger partial charge is 0.326 e. The highest BCUT2D eigenvalue weighted by Crippen LogP contribution is 2.27. The minimum atomic E-state index is -0.889. The van der Waals surface area contributed by atoms with Crippen LogP contribution in [0.15, 0.2) is 6.07 Å². The molecule has 20 heavy (non-hydrogen) atoms. The molecule has 1 amide bonds. The number of aryl methyl sites for hydroxylation is 2. The van der Waals surface area contributed by atoms with Gasteiger partial charge in [0.2, 0.25) is 0 Å². The van der Waals surface area contributed by atoms with Crippen molar-refractivity contribution in [3.8, 4) is 0 Å². The Labute approximate surface area is 123 Å². The van der Waals surface area contributed by atoms with Gasteiger partial charge in [-0.3, -0.25) is 4.79 Å². The van der Waals surface area contributed by atoms with E-state index in [1.165, 1.54) is 26.7 Å². The number of likely N-dealkylation sites (tertiary alicyclic amines) is 1. The number of carbonyl (C=O) groups is 2. The van der Waals surface area contributed by atoms with Gasteiger partial charge in [-0.15, -0.1) is 11.3 Å². The van der Waals surface area contributed by atoms with Crippen LogP contribution >= 0.6 is 11.3 Å². The summed E-state index contributed by atoms with van der Waals surface area (Å²) in [5.74, 6) is -1.01. The number of amides is 1. The lowest BCUT2D eigenvalue weighted by Gasteiger charge is -2.32. The SMILES string of the molecule is CCCc1cc(C(=O)N2CCCC[C@H]2C(=O)O)sc1C. The van der Waals surface area contributed by atoms with E-state index < -0.39 is 12.0 Å². The molecule has 0 aliphatic carbocycles. The van der Waals surface area contributed by atoms with Crippen LogP contribution in [0.5, 0.6) is 0 Å². The van der Waals surface area contributed by atoms with Crippen LogP contribution in [-0.2, 0) is 11.2 Å². The van der Waals surface area contributed by atoms with E-state index >= 15 is 0 Å². The lowest BCUT2D eigenvalue weighted by atomic mass is 10.0. The molecule has 1 aliphatic heterocycles. The maximum absolute atomic E-state index is 12.6. The fourth-order valence-electron chi connectivity index (χ4n) is 2.72. The summed E-state index contributed by atoms with van der Waals surface area (Å²) in [4.78, 5) is 27.2. The normalized spacial score (nSPS) is 19.1. The number of rotatable bonds is 4. The Morgan fingerprint density at radius 2 is 2.20 bits per heavy atom. The minimum Gasteiger partial charge on any atom is -0.480 e. The molecule has 1 saturated heterocycles. The van der Waals surface area contributed by atoms with E-state index in [-0.39, 0.29) is 5.91 Å². The molecule has 0 radical (unpaired) electrons. The molecule has 0 aromatic carbocycles. The number of carboxylic acids is 1.